The van der Waals surface area contributed by atoms with Crippen LogP contribution in [0.15, 0.2) is 28.8 Å². The van der Waals surface area contributed by atoms with Gasteiger partial charge in [0.15, 0.2) is 5.76 Å². The molecular weight excluding hydrogens is 266 g/mol. The molecular formula is C17H23NO3. The number of ether oxygens (including phenoxy) is 1. The zero-order valence-electron chi connectivity index (χ0n) is 12.8. The van der Waals surface area contributed by atoms with E-state index in [4.69, 9.17) is 14.4 Å². The van der Waals surface area contributed by atoms with Crippen molar-refractivity contribution >= 4 is 0 Å². The summed E-state index contributed by atoms with van der Waals surface area (Å²) in [6, 6.07) is 7.79. The Morgan fingerprint density at radius 3 is 2.52 bits per heavy atom. The first kappa shape index (κ1) is 15.6. The number of nitrogens with zero attached hydrogens (tertiary/aromatic N) is 1. The summed E-state index contributed by atoms with van der Waals surface area (Å²) in [6.07, 6.45) is 4.81. The summed E-state index contributed by atoms with van der Waals surface area (Å²) in [5.41, 5.74) is 2.41. The van der Waals surface area contributed by atoms with Gasteiger partial charge in [-0.05, 0) is 37.6 Å². The van der Waals surface area contributed by atoms with Gasteiger partial charge in [-0.25, -0.2) is 0 Å². The number of rotatable bonds is 8. The van der Waals surface area contributed by atoms with Crippen molar-refractivity contribution in [1.29, 1.82) is 0 Å². The summed E-state index contributed by atoms with van der Waals surface area (Å²) < 4.78 is 11.0. The Morgan fingerprint density at radius 1 is 1.14 bits per heavy atom. The fraction of sp³-hybridized carbons (Fsp3) is 0.471. The van der Waals surface area contributed by atoms with Gasteiger partial charge in [0.2, 0.25) is 0 Å². The van der Waals surface area contributed by atoms with Crippen LogP contribution in [0, 0.1) is 6.92 Å². The predicted octanol–water partition coefficient (Wildman–Crippen LogP) is 4.10. The van der Waals surface area contributed by atoms with Crippen LogP contribution in [-0.2, 0) is 6.61 Å². The first-order valence-corrected chi connectivity index (χ1v) is 7.55. The van der Waals surface area contributed by atoms with E-state index < -0.39 is 0 Å². The fourth-order valence-corrected chi connectivity index (χ4v) is 2.21. The van der Waals surface area contributed by atoms with E-state index in [1.807, 2.05) is 31.2 Å². The molecule has 21 heavy (non-hydrogen) atoms. The molecule has 1 N–H and O–H groups in total. The van der Waals surface area contributed by atoms with Crippen molar-refractivity contribution in [3.05, 3.63) is 35.5 Å². The zero-order chi connectivity index (χ0) is 15.1. The molecule has 0 aliphatic rings. The maximum atomic E-state index is 9.14. The van der Waals surface area contributed by atoms with Crippen molar-refractivity contribution in [2.45, 2.75) is 46.1 Å². The number of hydrogen-bond acceptors (Lipinski definition) is 4. The van der Waals surface area contributed by atoms with Crippen molar-refractivity contribution in [2.75, 3.05) is 6.61 Å². The lowest BCUT2D eigenvalue weighted by Crippen LogP contribution is -1.97. The molecule has 2 rings (SSSR count). The normalized spacial score (nSPS) is 10.8. The van der Waals surface area contributed by atoms with Crippen LogP contribution in [0.3, 0.4) is 0 Å². The summed E-state index contributed by atoms with van der Waals surface area (Å²) in [7, 11) is 0. The van der Waals surface area contributed by atoms with Gasteiger partial charge in [-0.3, -0.25) is 0 Å². The van der Waals surface area contributed by atoms with E-state index in [1.165, 1.54) is 19.3 Å². The molecule has 4 nitrogen and oxygen atoms in total. The van der Waals surface area contributed by atoms with Crippen LogP contribution in [0.4, 0.5) is 0 Å². The van der Waals surface area contributed by atoms with Crippen LogP contribution in [-0.4, -0.2) is 16.9 Å². The van der Waals surface area contributed by atoms with E-state index in [2.05, 4.69) is 12.1 Å². The molecule has 0 atom stereocenters. The van der Waals surface area contributed by atoms with Gasteiger partial charge in [0.1, 0.15) is 11.4 Å². The molecule has 114 valence electrons. The van der Waals surface area contributed by atoms with Crippen molar-refractivity contribution in [3.8, 4) is 17.1 Å². The number of aliphatic hydroxyl groups is 1. The van der Waals surface area contributed by atoms with Crippen LogP contribution in [0.25, 0.3) is 11.3 Å². The molecule has 1 aromatic carbocycles. The molecule has 0 spiro atoms. The van der Waals surface area contributed by atoms with Crippen molar-refractivity contribution in [1.82, 2.24) is 5.16 Å². The maximum Gasteiger partial charge on any atom is 0.170 e. The average Bonchev–Trinajstić information content (AvgIpc) is 2.88. The molecule has 2 aromatic rings. The second-order valence-corrected chi connectivity index (χ2v) is 5.18. The average molecular weight is 289 g/mol. The van der Waals surface area contributed by atoms with Gasteiger partial charge in [0.05, 0.1) is 13.2 Å². The molecule has 0 bridgehead atoms. The minimum Gasteiger partial charge on any atom is -0.494 e. The third-order valence-electron chi connectivity index (χ3n) is 3.55. The summed E-state index contributed by atoms with van der Waals surface area (Å²) in [4.78, 5) is 0. The molecule has 1 aromatic heterocycles. The molecule has 0 saturated carbocycles. The Morgan fingerprint density at radius 2 is 1.90 bits per heavy atom. The highest BCUT2D eigenvalue weighted by Gasteiger charge is 2.12. The van der Waals surface area contributed by atoms with E-state index in [-0.39, 0.29) is 6.61 Å². The number of unbranched alkanes of at least 4 members (excludes halogenated alkanes) is 3. The highest BCUT2D eigenvalue weighted by Crippen LogP contribution is 2.27. The Bertz CT molecular complexity index is 546. The van der Waals surface area contributed by atoms with Gasteiger partial charge in [-0.2, -0.15) is 0 Å². The third kappa shape index (κ3) is 4.08. The molecule has 0 amide bonds. The minimum atomic E-state index is -0.103. The molecule has 0 saturated heterocycles. The lowest BCUT2D eigenvalue weighted by atomic mass is 10.1. The number of aromatic nitrogens is 1. The van der Waals surface area contributed by atoms with Crippen molar-refractivity contribution < 1.29 is 14.4 Å². The monoisotopic (exact) mass is 289 g/mol. The molecule has 0 radical (unpaired) electrons. The standard InChI is InChI=1S/C17H23NO3/c1-3-4-5-6-11-20-15-9-7-14(8-10-15)17-13(2)16(12-19)18-21-17/h7-10,19H,3-6,11-12H2,1-2H3. The Labute approximate surface area is 125 Å². The minimum absolute atomic E-state index is 0.103. The SMILES string of the molecule is CCCCCCOc1ccc(-c2onc(CO)c2C)cc1. The quantitative estimate of drug-likeness (QED) is 0.743. The van der Waals surface area contributed by atoms with Crippen LogP contribution in [0.1, 0.15) is 43.9 Å². The summed E-state index contributed by atoms with van der Waals surface area (Å²) in [5.74, 6) is 1.57. The van der Waals surface area contributed by atoms with Crippen LogP contribution in [0.5, 0.6) is 5.75 Å². The largest absolute Gasteiger partial charge is 0.494 e. The lowest BCUT2D eigenvalue weighted by Gasteiger charge is -2.06. The first-order valence-electron chi connectivity index (χ1n) is 7.55. The topological polar surface area (TPSA) is 55.5 Å². The van der Waals surface area contributed by atoms with Gasteiger partial charge >= 0.3 is 0 Å². The third-order valence-corrected chi connectivity index (χ3v) is 3.55. The van der Waals surface area contributed by atoms with Gasteiger partial charge in [-0.15, -0.1) is 0 Å². The number of aliphatic hydroxyl groups excluding tert-OH is 1. The van der Waals surface area contributed by atoms with Gasteiger partial charge < -0.3 is 14.4 Å². The molecule has 4 heteroatoms. The van der Waals surface area contributed by atoms with Gasteiger partial charge in [0, 0.05) is 11.1 Å². The number of benzene rings is 1. The van der Waals surface area contributed by atoms with E-state index in [1.54, 1.807) is 0 Å². The highest BCUT2D eigenvalue weighted by atomic mass is 16.5. The smallest absolute Gasteiger partial charge is 0.170 e. The summed E-state index contributed by atoms with van der Waals surface area (Å²) >= 11 is 0. The summed E-state index contributed by atoms with van der Waals surface area (Å²) in [6.45, 7) is 4.76. The van der Waals surface area contributed by atoms with Gasteiger partial charge in [-0.1, -0.05) is 31.3 Å². The Kier molecular flexibility index (Phi) is 5.81. The van der Waals surface area contributed by atoms with Crippen molar-refractivity contribution in [2.24, 2.45) is 0 Å². The van der Waals surface area contributed by atoms with Crippen molar-refractivity contribution in [3.63, 3.8) is 0 Å². The van der Waals surface area contributed by atoms with Crippen LogP contribution < -0.4 is 4.74 Å². The van der Waals surface area contributed by atoms with Gasteiger partial charge in [0.25, 0.3) is 0 Å². The molecule has 0 fully saturated rings. The second-order valence-electron chi connectivity index (χ2n) is 5.18. The fourth-order valence-electron chi connectivity index (χ4n) is 2.21. The Balaban J connectivity index is 1.94. The number of hydrogen-bond donors (Lipinski definition) is 1. The summed E-state index contributed by atoms with van der Waals surface area (Å²) in [5, 5.41) is 13.0. The second kappa shape index (κ2) is 7.84. The molecule has 0 aliphatic carbocycles. The molecule has 1 heterocycles. The Hall–Kier alpha value is -1.81. The lowest BCUT2D eigenvalue weighted by molar-refractivity contribution is 0.266. The zero-order valence-corrected chi connectivity index (χ0v) is 12.8. The highest BCUT2D eigenvalue weighted by molar-refractivity contribution is 5.62. The molecule has 0 aliphatic heterocycles. The van der Waals surface area contributed by atoms with E-state index in [0.29, 0.717) is 11.5 Å². The van der Waals surface area contributed by atoms with Crippen LogP contribution in [0.2, 0.25) is 0 Å². The van der Waals surface area contributed by atoms with E-state index in [9.17, 15) is 0 Å². The molecule has 0 unspecified atom stereocenters. The predicted molar refractivity (Wildman–Crippen MR) is 82.2 cm³/mol. The van der Waals surface area contributed by atoms with E-state index >= 15 is 0 Å². The first-order chi connectivity index (χ1) is 10.3. The van der Waals surface area contributed by atoms with E-state index in [0.717, 1.165) is 29.9 Å². The maximum absolute atomic E-state index is 9.14. The van der Waals surface area contributed by atoms with Crippen LogP contribution >= 0.6 is 0 Å².